The number of nitrogens with one attached hydrogen (secondary N) is 1. The molecule has 0 radical (unpaired) electrons. The fourth-order valence-electron chi connectivity index (χ4n) is 2.09. The van der Waals surface area contributed by atoms with E-state index in [0.29, 0.717) is 6.61 Å². The van der Waals surface area contributed by atoms with Crippen molar-refractivity contribution in [3.05, 3.63) is 47.6 Å². The standard InChI is InChI=1S/C15H18ClNO/c1-4-7-18-15(2,3)9-11-10-17-14-6-5-12(16)8-13(11)14/h4-6,8,10,17H,1,7,9H2,2-3H3. The molecule has 0 aliphatic heterocycles. The summed E-state index contributed by atoms with van der Waals surface area (Å²) in [7, 11) is 0. The van der Waals surface area contributed by atoms with Crippen LogP contribution in [0.3, 0.4) is 0 Å². The van der Waals surface area contributed by atoms with Crippen LogP contribution in [0, 0.1) is 0 Å². The van der Waals surface area contributed by atoms with Gasteiger partial charge in [0.2, 0.25) is 0 Å². The predicted molar refractivity (Wildman–Crippen MR) is 77.2 cm³/mol. The van der Waals surface area contributed by atoms with Crippen molar-refractivity contribution in [1.29, 1.82) is 0 Å². The largest absolute Gasteiger partial charge is 0.371 e. The van der Waals surface area contributed by atoms with Gasteiger partial charge in [-0.1, -0.05) is 17.7 Å². The zero-order chi connectivity index (χ0) is 13.2. The molecule has 0 fully saturated rings. The van der Waals surface area contributed by atoms with Crippen LogP contribution in [0.2, 0.25) is 5.02 Å². The maximum Gasteiger partial charge on any atom is 0.0671 e. The van der Waals surface area contributed by atoms with E-state index in [4.69, 9.17) is 16.3 Å². The lowest BCUT2D eigenvalue weighted by atomic mass is 9.98. The number of aromatic amines is 1. The molecule has 1 N–H and O–H groups in total. The number of benzene rings is 1. The van der Waals surface area contributed by atoms with Gasteiger partial charge in [0, 0.05) is 28.5 Å². The molecule has 0 aliphatic rings. The van der Waals surface area contributed by atoms with Gasteiger partial charge >= 0.3 is 0 Å². The first-order valence-electron chi connectivity index (χ1n) is 6.02. The molecule has 2 aromatic rings. The highest BCUT2D eigenvalue weighted by atomic mass is 35.5. The molecule has 0 unspecified atom stereocenters. The SMILES string of the molecule is C=CCOC(C)(C)Cc1c[nH]c2ccc(Cl)cc12. The van der Waals surface area contributed by atoms with Crippen LogP contribution in [0.15, 0.2) is 37.1 Å². The average Bonchev–Trinajstić information content (AvgIpc) is 2.69. The lowest BCUT2D eigenvalue weighted by molar-refractivity contribution is 0.000110. The maximum atomic E-state index is 6.04. The fourth-order valence-corrected chi connectivity index (χ4v) is 2.26. The first-order valence-corrected chi connectivity index (χ1v) is 6.40. The van der Waals surface area contributed by atoms with Crippen LogP contribution < -0.4 is 0 Å². The summed E-state index contributed by atoms with van der Waals surface area (Å²) in [6.45, 7) is 8.41. The van der Waals surface area contributed by atoms with Gasteiger partial charge in [0.05, 0.1) is 12.2 Å². The number of rotatable bonds is 5. The Balaban J connectivity index is 2.26. The molecule has 0 saturated heterocycles. The van der Waals surface area contributed by atoms with E-state index in [9.17, 15) is 0 Å². The minimum atomic E-state index is -0.217. The van der Waals surface area contributed by atoms with E-state index in [2.05, 4.69) is 25.4 Å². The van der Waals surface area contributed by atoms with Gasteiger partial charge in [-0.15, -0.1) is 6.58 Å². The van der Waals surface area contributed by atoms with Crippen molar-refractivity contribution in [3.63, 3.8) is 0 Å². The summed E-state index contributed by atoms with van der Waals surface area (Å²) >= 11 is 6.04. The van der Waals surface area contributed by atoms with Gasteiger partial charge in [-0.2, -0.15) is 0 Å². The van der Waals surface area contributed by atoms with Crippen LogP contribution >= 0.6 is 11.6 Å². The van der Waals surface area contributed by atoms with Gasteiger partial charge in [-0.25, -0.2) is 0 Å². The van der Waals surface area contributed by atoms with Crippen molar-refractivity contribution in [2.45, 2.75) is 25.9 Å². The van der Waals surface area contributed by atoms with Crippen LogP contribution in [0.25, 0.3) is 10.9 Å². The molecule has 96 valence electrons. The smallest absolute Gasteiger partial charge is 0.0671 e. The molecule has 1 heterocycles. The zero-order valence-electron chi connectivity index (χ0n) is 10.8. The van der Waals surface area contributed by atoms with Crippen molar-refractivity contribution in [2.24, 2.45) is 0 Å². The van der Waals surface area contributed by atoms with E-state index in [1.54, 1.807) is 6.08 Å². The monoisotopic (exact) mass is 263 g/mol. The van der Waals surface area contributed by atoms with Crippen LogP contribution in [-0.4, -0.2) is 17.2 Å². The molecule has 0 amide bonds. The highest BCUT2D eigenvalue weighted by Crippen LogP contribution is 2.26. The highest BCUT2D eigenvalue weighted by Gasteiger charge is 2.20. The van der Waals surface area contributed by atoms with Gasteiger partial charge < -0.3 is 9.72 Å². The zero-order valence-corrected chi connectivity index (χ0v) is 11.6. The van der Waals surface area contributed by atoms with E-state index in [-0.39, 0.29) is 5.60 Å². The summed E-state index contributed by atoms with van der Waals surface area (Å²) in [5.41, 5.74) is 2.11. The van der Waals surface area contributed by atoms with Crippen LogP contribution in [0.1, 0.15) is 19.4 Å². The third-order valence-electron chi connectivity index (χ3n) is 2.94. The van der Waals surface area contributed by atoms with Crippen molar-refractivity contribution in [2.75, 3.05) is 6.61 Å². The predicted octanol–water partition coefficient (Wildman–Crippen LogP) is 4.35. The molecule has 0 spiro atoms. The normalized spacial score (nSPS) is 11.9. The number of hydrogen-bond acceptors (Lipinski definition) is 1. The van der Waals surface area contributed by atoms with Crippen molar-refractivity contribution < 1.29 is 4.74 Å². The number of H-pyrrole nitrogens is 1. The molecule has 2 nitrogen and oxygen atoms in total. The maximum absolute atomic E-state index is 6.04. The van der Waals surface area contributed by atoms with E-state index < -0.39 is 0 Å². The Bertz CT molecular complexity index is 557. The summed E-state index contributed by atoms with van der Waals surface area (Å²) in [6, 6.07) is 5.88. The van der Waals surface area contributed by atoms with E-state index >= 15 is 0 Å². The Kier molecular flexibility index (Phi) is 3.79. The Labute approximate surface area is 113 Å². The molecule has 0 saturated carbocycles. The first kappa shape index (κ1) is 13.2. The Morgan fingerprint density at radius 1 is 1.44 bits per heavy atom. The molecule has 2 rings (SSSR count). The summed E-state index contributed by atoms with van der Waals surface area (Å²) < 4.78 is 5.77. The second-order valence-corrected chi connectivity index (χ2v) is 5.48. The summed E-state index contributed by atoms with van der Waals surface area (Å²) in [6.07, 6.45) is 4.63. The number of hydrogen-bond donors (Lipinski definition) is 1. The topological polar surface area (TPSA) is 25.0 Å². The molecule has 0 aliphatic carbocycles. The summed E-state index contributed by atoms with van der Waals surface area (Å²) in [5, 5.41) is 1.92. The summed E-state index contributed by atoms with van der Waals surface area (Å²) in [5.74, 6) is 0. The molecule has 1 aromatic heterocycles. The average molecular weight is 264 g/mol. The first-order chi connectivity index (χ1) is 8.52. The van der Waals surface area contributed by atoms with Gasteiger partial charge in [0.1, 0.15) is 0 Å². The molecule has 0 bridgehead atoms. The molecular formula is C15H18ClNO. The minimum absolute atomic E-state index is 0.217. The Morgan fingerprint density at radius 3 is 2.94 bits per heavy atom. The highest BCUT2D eigenvalue weighted by molar-refractivity contribution is 6.31. The van der Waals surface area contributed by atoms with Gasteiger partial charge in [-0.05, 0) is 37.6 Å². The van der Waals surface area contributed by atoms with Gasteiger partial charge in [-0.3, -0.25) is 0 Å². The number of aromatic nitrogens is 1. The molecule has 3 heteroatoms. The van der Waals surface area contributed by atoms with Crippen LogP contribution in [0.5, 0.6) is 0 Å². The Morgan fingerprint density at radius 2 is 2.22 bits per heavy atom. The van der Waals surface area contributed by atoms with Crippen molar-refractivity contribution in [3.8, 4) is 0 Å². The second kappa shape index (κ2) is 5.17. The third kappa shape index (κ3) is 2.95. The van der Waals surface area contributed by atoms with E-state index in [0.717, 1.165) is 22.3 Å². The molecular weight excluding hydrogens is 246 g/mol. The number of ether oxygens (including phenoxy) is 1. The number of fused-ring (bicyclic) bond motifs is 1. The lowest BCUT2D eigenvalue weighted by Crippen LogP contribution is -2.27. The molecule has 18 heavy (non-hydrogen) atoms. The lowest BCUT2D eigenvalue weighted by Gasteiger charge is -2.24. The second-order valence-electron chi connectivity index (χ2n) is 5.04. The number of halogens is 1. The van der Waals surface area contributed by atoms with E-state index in [1.165, 1.54) is 5.56 Å². The van der Waals surface area contributed by atoms with Gasteiger partial charge in [0.25, 0.3) is 0 Å². The fraction of sp³-hybridized carbons (Fsp3) is 0.333. The van der Waals surface area contributed by atoms with Crippen molar-refractivity contribution >= 4 is 22.5 Å². The van der Waals surface area contributed by atoms with E-state index in [1.807, 2.05) is 24.4 Å². The Hall–Kier alpha value is -1.25. The quantitative estimate of drug-likeness (QED) is 0.798. The van der Waals surface area contributed by atoms with Gasteiger partial charge in [0.15, 0.2) is 0 Å². The summed E-state index contributed by atoms with van der Waals surface area (Å²) in [4.78, 5) is 3.26. The minimum Gasteiger partial charge on any atom is -0.371 e. The van der Waals surface area contributed by atoms with Crippen LogP contribution in [-0.2, 0) is 11.2 Å². The van der Waals surface area contributed by atoms with Crippen LogP contribution in [0.4, 0.5) is 0 Å². The third-order valence-corrected chi connectivity index (χ3v) is 3.17. The molecule has 0 atom stereocenters. The molecule has 1 aromatic carbocycles. The van der Waals surface area contributed by atoms with Crippen molar-refractivity contribution in [1.82, 2.24) is 4.98 Å².